The van der Waals surface area contributed by atoms with E-state index >= 15 is 0 Å². The summed E-state index contributed by atoms with van der Waals surface area (Å²) >= 11 is 6.10. The highest BCUT2D eigenvalue weighted by atomic mass is 35.5. The molecule has 3 rings (SSSR count). The van der Waals surface area contributed by atoms with Crippen LogP contribution in [0.2, 0.25) is 5.02 Å². The molecular weight excluding hydrogens is 299 g/mol. The highest BCUT2D eigenvalue weighted by molar-refractivity contribution is 6.35. The number of alkyl halides is 3. The molecule has 0 atom stereocenters. The number of fused-ring (bicyclic) bond motifs is 1. The second-order valence-corrected chi connectivity index (χ2v) is 5.22. The van der Waals surface area contributed by atoms with Crippen LogP contribution in [0.5, 0.6) is 0 Å². The van der Waals surface area contributed by atoms with E-state index in [0.29, 0.717) is 17.1 Å². The smallest absolute Gasteiger partial charge is 0.343 e. The monoisotopic (exact) mass is 309 g/mol. The summed E-state index contributed by atoms with van der Waals surface area (Å²) in [5, 5.41) is 1.53. The molecule has 0 unspecified atom stereocenters. The van der Waals surface area contributed by atoms with Gasteiger partial charge in [-0.05, 0) is 35.9 Å². The maximum Gasteiger partial charge on any atom is 0.416 e. The summed E-state index contributed by atoms with van der Waals surface area (Å²) in [5.41, 5.74) is 0.872. The average Bonchev–Trinajstić information content (AvgIpc) is 2.83. The maximum absolute atomic E-state index is 12.7. The molecule has 2 aromatic carbocycles. The highest BCUT2D eigenvalue weighted by Gasteiger charge is 2.30. The molecule has 0 radical (unpaired) electrons. The Labute approximate surface area is 124 Å². The van der Waals surface area contributed by atoms with Crippen LogP contribution in [-0.4, -0.2) is 4.57 Å². The Balaban J connectivity index is 1.98. The minimum absolute atomic E-state index is 0.369. The van der Waals surface area contributed by atoms with Crippen LogP contribution in [0.1, 0.15) is 11.1 Å². The minimum atomic E-state index is -4.32. The van der Waals surface area contributed by atoms with Crippen LogP contribution in [0.3, 0.4) is 0 Å². The summed E-state index contributed by atoms with van der Waals surface area (Å²) in [6.07, 6.45) is -2.49. The Morgan fingerprint density at radius 2 is 1.76 bits per heavy atom. The summed E-state index contributed by atoms with van der Waals surface area (Å²) in [4.78, 5) is 0. The molecule has 1 nitrogen and oxygen atoms in total. The van der Waals surface area contributed by atoms with E-state index in [1.54, 1.807) is 12.1 Å². The Morgan fingerprint density at radius 3 is 2.52 bits per heavy atom. The van der Waals surface area contributed by atoms with Gasteiger partial charge in [-0.1, -0.05) is 29.8 Å². The molecular formula is C16H11ClF3N. The summed E-state index contributed by atoms with van der Waals surface area (Å²) in [5.74, 6) is 0. The molecule has 108 valence electrons. The number of rotatable bonds is 2. The molecule has 1 aromatic heterocycles. The van der Waals surface area contributed by atoms with Gasteiger partial charge in [0, 0.05) is 28.7 Å². The molecule has 0 amide bonds. The van der Waals surface area contributed by atoms with E-state index in [-0.39, 0.29) is 0 Å². The van der Waals surface area contributed by atoms with Gasteiger partial charge in [-0.25, -0.2) is 0 Å². The van der Waals surface area contributed by atoms with Crippen LogP contribution in [0.25, 0.3) is 10.9 Å². The number of benzene rings is 2. The summed E-state index contributed by atoms with van der Waals surface area (Å²) < 4.78 is 40.1. The number of hydrogen-bond acceptors (Lipinski definition) is 0. The van der Waals surface area contributed by atoms with E-state index < -0.39 is 11.7 Å². The van der Waals surface area contributed by atoms with Gasteiger partial charge in [0.05, 0.1) is 5.56 Å². The van der Waals surface area contributed by atoms with Gasteiger partial charge in [-0.15, -0.1) is 0 Å². The van der Waals surface area contributed by atoms with Gasteiger partial charge in [0.25, 0.3) is 0 Å². The predicted molar refractivity (Wildman–Crippen MR) is 77.5 cm³/mol. The lowest BCUT2D eigenvalue weighted by molar-refractivity contribution is -0.137. The van der Waals surface area contributed by atoms with Gasteiger partial charge in [-0.2, -0.15) is 13.2 Å². The second kappa shape index (κ2) is 5.11. The van der Waals surface area contributed by atoms with Gasteiger partial charge >= 0.3 is 6.18 Å². The zero-order valence-corrected chi connectivity index (χ0v) is 11.6. The van der Waals surface area contributed by atoms with Gasteiger partial charge in [0.1, 0.15) is 0 Å². The summed E-state index contributed by atoms with van der Waals surface area (Å²) in [7, 11) is 0. The minimum Gasteiger partial charge on any atom is -0.343 e. The second-order valence-electron chi connectivity index (χ2n) is 4.81. The Morgan fingerprint density at radius 1 is 1.00 bits per heavy atom. The molecule has 1 heterocycles. The fraction of sp³-hybridized carbons (Fsp3) is 0.125. The molecule has 21 heavy (non-hydrogen) atoms. The van der Waals surface area contributed by atoms with Gasteiger partial charge < -0.3 is 4.57 Å². The van der Waals surface area contributed by atoms with Crippen LogP contribution >= 0.6 is 11.6 Å². The van der Waals surface area contributed by atoms with Crippen LogP contribution in [0.15, 0.2) is 54.7 Å². The van der Waals surface area contributed by atoms with E-state index in [1.807, 2.05) is 29.0 Å². The van der Waals surface area contributed by atoms with Crippen molar-refractivity contribution in [1.82, 2.24) is 4.57 Å². The third kappa shape index (κ3) is 2.76. The third-order valence-corrected chi connectivity index (χ3v) is 3.70. The lowest BCUT2D eigenvalue weighted by Gasteiger charge is -2.10. The van der Waals surface area contributed by atoms with Crippen LogP contribution in [-0.2, 0) is 12.7 Å². The van der Waals surface area contributed by atoms with Crippen molar-refractivity contribution in [1.29, 1.82) is 0 Å². The molecule has 0 aliphatic heterocycles. The van der Waals surface area contributed by atoms with Gasteiger partial charge in [-0.3, -0.25) is 0 Å². The van der Waals surface area contributed by atoms with Crippen LogP contribution in [0.4, 0.5) is 13.2 Å². The predicted octanol–water partition coefficient (Wildman–Crippen LogP) is 5.36. The van der Waals surface area contributed by atoms with Crippen LogP contribution in [0, 0.1) is 0 Å². The SMILES string of the molecule is FC(F)(F)c1cccc(Cn2ccc3c(Cl)cccc32)c1. The number of hydrogen-bond donors (Lipinski definition) is 0. The normalized spacial score (nSPS) is 12.0. The molecule has 0 aliphatic rings. The molecule has 0 bridgehead atoms. The first-order valence-corrected chi connectivity index (χ1v) is 6.72. The third-order valence-electron chi connectivity index (χ3n) is 3.37. The van der Waals surface area contributed by atoms with Gasteiger partial charge in [0.2, 0.25) is 0 Å². The van der Waals surface area contributed by atoms with E-state index in [1.165, 1.54) is 12.1 Å². The van der Waals surface area contributed by atoms with E-state index in [2.05, 4.69) is 0 Å². The average molecular weight is 310 g/mol. The van der Waals surface area contributed by atoms with E-state index in [4.69, 9.17) is 11.6 Å². The van der Waals surface area contributed by atoms with Crippen molar-refractivity contribution in [3.05, 3.63) is 70.9 Å². The Bertz CT molecular complexity index is 790. The molecule has 0 saturated heterocycles. The van der Waals surface area contributed by atoms with Crippen molar-refractivity contribution in [3.63, 3.8) is 0 Å². The van der Waals surface area contributed by atoms with Crippen molar-refractivity contribution in [2.75, 3.05) is 0 Å². The van der Waals surface area contributed by atoms with Crippen molar-refractivity contribution in [3.8, 4) is 0 Å². The standard InChI is InChI=1S/C16H11ClF3N/c17-14-5-2-6-15-13(14)7-8-21(15)10-11-3-1-4-12(9-11)16(18,19)20/h1-9H,10H2. The quantitative estimate of drug-likeness (QED) is 0.600. The topological polar surface area (TPSA) is 4.93 Å². The van der Waals surface area contributed by atoms with Gasteiger partial charge in [0.15, 0.2) is 0 Å². The lowest BCUT2D eigenvalue weighted by atomic mass is 10.1. The molecule has 0 N–H and O–H groups in total. The van der Waals surface area contributed by atoms with Crippen molar-refractivity contribution in [2.45, 2.75) is 12.7 Å². The first kappa shape index (κ1) is 14.0. The lowest BCUT2D eigenvalue weighted by Crippen LogP contribution is -2.06. The summed E-state index contributed by atoms with van der Waals surface area (Å²) in [6.45, 7) is 0.369. The Kier molecular flexibility index (Phi) is 3.41. The largest absolute Gasteiger partial charge is 0.416 e. The van der Waals surface area contributed by atoms with Crippen molar-refractivity contribution < 1.29 is 13.2 Å². The fourth-order valence-electron chi connectivity index (χ4n) is 2.37. The molecule has 3 aromatic rings. The fourth-order valence-corrected chi connectivity index (χ4v) is 2.60. The number of aromatic nitrogens is 1. The van der Waals surface area contributed by atoms with E-state index in [9.17, 15) is 13.2 Å². The highest BCUT2D eigenvalue weighted by Crippen LogP contribution is 2.30. The molecule has 0 spiro atoms. The zero-order chi connectivity index (χ0) is 15.0. The van der Waals surface area contributed by atoms with Crippen molar-refractivity contribution in [2.24, 2.45) is 0 Å². The zero-order valence-electron chi connectivity index (χ0n) is 10.9. The molecule has 0 saturated carbocycles. The Hall–Kier alpha value is -1.94. The number of halogens is 4. The van der Waals surface area contributed by atoms with Crippen molar-refractivity contribution >= 4 is 22.5 Å². The maximum atomic E-state index is 12.7. The van der Waals surface area contributed by atoms with E-state index in [0.717, 1.165) is 17.0 Å². The molecule has 5 heteroatoms. The number of nitrogens with zero attached hydrogens (tertiary/aromatic N) is 1. The molecule has 0 fully saturated rings. The molecule has 0 aliphatic carbocycles. The first-order chi connectivity index (χ1) is 9.95. The first-order valence-electron chi connectivity index (χ1n) is 6.34. The van der Waals surface area contributed by atoms with Crippen LogP contribution < -0.4 is 0 Å². The summed E-state index contributed by atoms with van der Waals surface area (Å²) in [6, 6.07) is 12.7.